The molecule has 7 heteroatoms. The molecule has 22 heavy (non-hydrogen) atoms. The summed E-state index contributed by atoms with van der Waals surface area (Å²) >= 11 is 0. The monoisotopic (exact) mass is 320 g/mol. The summed E-state index contributed by atoms with van der Waals surface area (Å²) in [7, 11) is 1.16. The lowest BCUT2D eigenvalue weighted by Gasteiger charge is -2.17. The number of rotatable bonds is 2. The summed E-state index contributed by atoms with van der Waals surface area (Å²) in [6, 6.07) is 6.92. The molecular formula is C15H10F6O. The number of benzene rings is 2. The van der Waals surface area contributed by atoms with E-state index in [1.54, 1.807) is 0 Å². The Bertz CT molecular complexity index is 672. The maximum Gasteiger partial charge on any atom is 0.417 e. The largest absolute Gasteiger partial charge is 0.496 e. The highest BCUT2D eigenvalue weighted by molar-refractivity contribution is 5.75. The van der Waals surface area contributed by atoms with Gasteiger partial charge in [0.1, 0.15) is 5.75 Å². The predicted molar refractivity (Wildman–Crippen MR) is 68.4 cm³/mol. The molecule has 0 amide bonds. The molecule has 0 aromatic heterocycles. The Morgan fingerprint density at radius 2 is 1.45 bits per heavy atom. The van der Waals surface area contributed by atoms with Gasteiger partial charge in [0, 0.05) is 5.56 Å². The molecule has 0 saturated heterocycles. The van der Waals surface area contributed by atoms with Gasteiger partial charge < -0.3 is 4.74 Å². The normalized spacial score (nSPS) is 12.3. The summed E-state index contributed by atoms with van der Waals surface area (Å²) in [6.07, 6.45) is -9.35. The maximum atomic E-state index is 13.1. The van der Waals surface area contributed by atoms with Crippen molar-refractivity contribution in [2.75, 3.05) is 7.11 Å². The van der Waals surface area contributed by atoms with Crippen LogP contribution in [0.3, 0.4) is 0 Å². The summed E-state index contributed by atoms with van der Waals surface area (Å²) in [5.41, 5.74) is -2.70. The zero-order chi connectivity index (χ0) is 16.5. The van der Waals surface area contributed by atoms with Gasteiger partial charge >= 0.3 is 12.4 Å². The van der Waals surface area contributed by atoms with E-state index in [1.807, 2.05) is 0 Å². The van der Waals surface area contributed by atoms with Gasteiger partial charge in [-0.2, -0.15) is 26.3 Å². The van der Waals surface area contributed by atoms with Gasteiger partial charge in [0.25, 0.3) is 0 Å². The van der Waals surface area contributed by atoms with Crippen LogP contribution in [0, 0.1) is 0 Å². The van der Waals surface area contributed by atoms with Crippen LogP contribution in [-0.4, -0.2) is 7.11 Å². The second-order valence-electron chi connectivity index (χ2n) is 4.46. The molecule has 0 unspecified atom stereocenters. The maximum absolute atomic E-state index is 13.1. The van der Waals surface area contributed by atoms with Crippen LogP contribution in [0.15, 0.2) is 42.5 Å². The number of hydrogen-bond acceptors (Lipinski definition) is 1. The average molecular weight is 320 g/mol. The van der Waals surface area contributed by atoms with Crippen molar-refractivity contribution in [3.8, 4) is 16.9 Å². The fourth-order valence-electron chi connectivity index (χ4n) is 2.09. The van der Waals surface area contributed by atoms with Gasteiger partial charge in [-0.1, -0.05) is 18.2 Å². The van der Waals surface area contributed by atoms with E-state index in [0.29, 0.717) is 6.07 Å². The van der Waals surface area contributed by atoms with Crippen LogP contribution in [0.1, 0.15) is 11.1 Å². The number of methoxy groups -OCH3 is 1. The summed E-state index contributed by atoms with van der Waals surface area (Å²) in [6.45, 7) is 0. The molecule has 2 aromatic rings. The van der Waals surface area contributed by atoms with E-state index in [4.69, 9.17) is 4.74 Å². The first kappa shape index (κ1) is 16.2. The molecule has 0 heterocycles. The number of alkyl halides is 6. The highest BCUT2D eigenvalue weighted by Crippen LogP contribution is 2.43. The van der Waals surface area contributed by atoms with Crippen molar-refractivity contribution >= 4 is 0 Å². The van der Waals surface area contributed by atoms with E-state index in [-0.39, 0.29) is 11.3 Å². The fourth-order valence-corrected chi connectivity index (χ4v) is 2.09. The molecule has 0 saturated carbocycles. The van der Waals surface area contributed by atoms with E-state index >= 15 is 0 Å². The topological polar surface area (TPSA) is 9.23 Å². The first-order valence-electron chi connectivity index (χ1n) is 6.06. The zero-order valence-electron chi connectivity index (χ0n) is 11.2. The Morgan fingerprint density at radius 1 is 0.818 bits per heavy atom. The molecule has 0 bridgehead atoms. The molecule has 2 rings (SSSR count). The van der Waals surface area contributed by atoms with Crippen molar-refractivity contribution < 1.29 is 31.1 Å². The molecular weight excluding hydrogens is 310 g/mol. The molecule has 0 N–H and O–H groups in total. The molecule has 0 aliphatic heterocycles. The molecule has 1 nitrogen and oxygen atoms in total. The molecule has 0 fully saturated rings. The quantitative estimate of drug-likeness (QED) is 0.673. The van der Waals surface area contributed by atoms with E-state index in [1.165, 1.54) is 12.1 Å². The number of hydrogen-bond donors (Lipinski definition) is 0. The molecule has 0 spiro atoms. The Morgan fingerprint density at radius 3 is 2.00 bits per heavy atom. The van der Waals surface area contributed by atoms with Crippen LogP contribution >= 0.6 is 0 Å². The minimum atomic E-state index is -4.71. The summed E-state index contributed by atoms with van der Waals surface area (Å²) in [4.78, 5) is 0. The average Bonchev–Trinajstić information content (AvgIpc) is 2.44. The Hall–Kier alpha value is -2.18. The van der Waals surface area contributed by atoms with Gasteiger partial charge in [-0.15, -0.1) is 0 Å². The molecule has 0 aliphatic carbocycles. The molecule has 2 aromatic carbocycles. The lowest BCUT2D eigenvalue weighted by molar-refractivity contribution is -0.137. The van der Waals surface area contributed by atoms with Gasteiger partial charge in [0.2, 0.25) is 0 Å². The van der Waals surface area contributed by atoms with E-state index in [2.05, 4.69) is 0 Å². The SMILES string of the molecule is COc1cccc(C(F)(F)F)c1-c1cccc(C(F)(F)F)c1. The van der Waals surface area contributed by atoms with Gasteiger partial charge in [0.05, 0.1) is 18.2 Å². The molecule has 0 aliphatic rings. The van der Waals surface area contributed by atoms with Gasteiger partial charge in [-0.25, -0.2) is 0 Å². The third-order valence-corrected chi connectivity index (χ3v) is 3.03. The summed E-state index contributed by atoms with van der Waals surface area (Å²) < 4.78 is 82.4. The lowest BCUT2D eigenvalue weighted by Crippen LogP contribution is -2.09. The number of ether oxygens (including phenoxy) is 1. The van der Waals surface area contributed by atoms with Crippen molar-refractivity contribution in [3.05, 3.63) is 53.6 Å². The third kappa shape index (κ3) is 3.18. The van der Waals surface area contributed by atoms with Crippen LogP contribution < -0.4 is 4.74 Å². The Kier molecular flexibility index (Phi) is 4.08. The Balaban J connectivity index is 2.71. The number of halogens is 6. The molecule has 118 valence electrons. The van der Waals surface area contributed by atoms with Crippen molar-refractivity contribution in [3.63, 3.8) is 0 Å². The van der Waals surface area contributed by atoms with Gasteiger partial charge in [-0.05, 0) is 29.8 Å². The minimum absolute atomic E-state index is 0.144. The second-order valence-corrected chi connectivity index (χ2v) is 4.46. The summed E-state index contributed by atoms with van der Waals surface area (Å²) in [5.74, 6) is -0.144. The lowest BCUT2D eigenvalue weighted by atomic mass is 9.96. The van der Waals surface area contributed by atoms with E-state index in [9.17, 15) is 26.3 Å². The zero-order valence-corrected chi connectivity index (χ0v) is 11.2. The Labute approximate surface area is 122 Å². The van der Waals surface area contributed by atoms with Crippen LogP contribution in [0.4, 0.5) is 26.3 Å². The second kappa shape index (κ2) is 5.55. The van der Waals surface area contributed by atoms with Gasteiger partial charge in [0.15, 0.2) is 0 Å². The molecule has 0 atom stereocenters. The third-order valence-electron chi connectivity index (χ3n) is 3.03. The first-order chi connectivity index (χ1) is 10.1. The fraction of sp³-hybridized carbons (Fsp3) is 0.200. The van der Waals surface area contributed by atoms with Crippen molar-refractivity contribution in [2.24, 2.45) is 0 Å². The summed E-state index contributed by atoms with van der Waals surface area (Å²) in [5, 5.41) is 0. The van der Waals surface area contributed by atoms with Crippen LogP contribution in [0.2, 0.25) is 0 Å². The first-order valence-corrected chi connectivity index (χ1v) is 6.06. The standard InChI is InChI=1S/C15H10F6O/c1-22-12-7-3-6-11(15(19,20)21)13(12)9-4-2-5-10(8-9)14(16,17)18/h2-8H,1H3. The van der Waals surface area contributed by atoms with E-state index < -0.39 is 29.0 Å². The van der Waals surface area contributed by atoms with E-state index in [0.717, 1.165) is 31.4 Å². The van der Waals surface area contributed by atoms with Crippen LogP contribution in [0.5, 0.6) is 5.75 Å². The van der Waals surface area contributed by atoms with Crippen LogP contribution in [-0.2, 0) is 12.4 Å². The minimum Gasteiger partial charge on any atom is -0.496 e. The highest BCUT2D eigenvalue weighted by Gasteiger charge is 2.36. The van der Waals surface area contributed by atoms with Crippen molar-refractivity contribution in [1.82, 2.24) is 0 Å². The smallest absolute Gasteiger partial charge is 0.417 e. The molecule has 0 radical (unpaired) electrons. The van der Waals surface area contributed by atoms with Crippen molar-refractivity contribution in [2.45, 2.75) is 12.4 Å². The van der Waals surface area contributed by atoms with Crippen molar-refractivity contribution in [1.29, 1.82) is 0 Å². The highest BCUT2D eigenvalue weighted by atomic mass is 19.4. The van der Waals surface area contributed by atoms with Crippen LogP contribution in [0.25, 0.3) is 11.1 Å². The predicted octanol–water partition coefficient (Wildman–Crippen LogP) is 5.40. The van der Waals surface area contributed by atoms with Gasteiger partial charge in [-0.3, -0.25) is 0 Å².